The Bertz CT molecular complexity index is 439. The van der Waals surface area contributed by atoms with Gasteiger partial charge in [0.15, 0.2) is 0 Å². The molecule has 0 radical (unpaired) electrons. The number of carboxylic acids is 1. The van der Waals surface area contributed by atoms with Gasteiger partial charge in [0, 0.05) is 39.7 Å². The third-order valence-electron chi connectivity index (χ3n) is 2.47. The maximum absolute atomic E-state index is 11.1. The van der Waals surface area contributed by atoms with Crippen LogP contribution in [0.2, 0.25) is 0 Å². The van der Waals surface area contributed by atoms with Crippen molar-refractivity contribution in [3.8, 4) is 0 Å². The molecule has 0 saturated carbocycles. The fourth-order valence-corrected chi connectivity index (χ4v) is 4.55. The highest BCUT2D eigenvalue weighted by Gasteiger charge is 2.16. The van der Waals surface area contributed by atoms with Gasteiger partial charge in [0.25, 0.3) is 0 Å². The summed E-state index contributed by atoms with van der Waals surface area (Å²) >= 11 is 7.11. The van der Waals surface area contributed by atoms with Gasteiger partial charge in [0.2, 0.25) is 0 Å². The molecule has 98 valence electrons. The van der Waals surface area contributed by atoms with E-state index in [0.29, 0.717) is 15.5 Å². The number of halogens is 1. The average molecular weight is 349 g/mol. The van der Waals surface area contributed by atoms with Crippen molar-refractivity contribution in [2.24, 2.45) is 0 Å². The lowest BCUT2D eigenvalue weighted by atomic mass is 10.2. The van der Waals surface area contributed by atoms with Crippen LogP contribution in [-0.4, -0.2) is 45.1 Å². The summed E-state index contributed by atoms with van der Waals surface area (Å²) in [4.78, 5) is 15.2. The van der Waals surface area contributed by atoms with Crippen LogP contribution < -0.4 is 5.32 Å². The number of thioether (sulfide) groups is 2. The number of carboxylic acid groups (broad SMARTS) is 1. The zero-order valence-electron chi connectivity index (χ0n) is 9.56. The molecule has 2 N–H and O–H groups in total. The van der Waals surface area contributed by atoms with Crippen molar-refractivity contribution < 1.29 is 9.90 Å². The molecule has 1 aromatic heterocycles. The normalized spacial score (nSPS) is 19.5. The van der Waals surface area contributed by atoms with Crippen LogP contribution in [0.25, 0.3) is 0 Å². The van der Waals surface area contributed by atoms with Crippen molar-refractivity contribution in [3.63, 3.8) is 0 Å². The molecule has 0 amide bonds. The van der Waals surface area contributed by atoms with Crippen LogP contribution >= 0.6 is 39.5 Å². The van der Waals surface area contributed by atoms with E-state index in [1.165, 1.54) is 5.75 Å². The highest BCUT2D eigenvalue weighted by molar-refractivity contribution is 9.10. The van der Waals surface area contributed by atoms with Crippen molar-refractivity contribution in [2.45, 2.75) is 5.25 Å². The summed E-state index contributed by atoms with van der Waals surface area (Å²) < 4.78 is 0.674. The summed E-state index contributed by atoms with van der Waals surface area (Å²) in [7, 11) is 0. The Morgan fingerprint density at radius 3 is 3.11 bits per heavy atom. The highest BCUT2D eigenvalue weighted by Crippen LogP contribution is 2.25. The van der Waals surface area contributed by atoms with E-state index in [0.717, 1.165) is 18.1 Å². The maximum atomic E-state index is 11.1. The van der Waals surface area contributed by atoms with Gasteiger partial charge in [0.1, 0.15) is 11.4 Å². The molecule has 1 saturated heterocycles. The van der Waals surface area contributed by atoms with Gasteiger partial charge in [-0.15, -0.1) is 0 Å². The van der Waals surface area contributed by atoms with Gasteiger partial charge in [-0.25, -0.2) is 9.78 Å². The van der Waals surface area contributed by atoms with E-state index < -0.39 is 5.97 Å². The molecule has 1 aromatic rings. The number of hydrogen-bond acceptors (Lipinski definition) is 5. The van der Waals surface area contributed by atoms with Gasteiger partial charge in [-0.05, 0) is 22.0 Å². The summed E-state index contributed by atoms with van der Waals surface area (Å²) in [6.07, 6.45) is 1.61. The zero-order chi connectivity index (χ0) is 13.0. The molecule has 2 heterocycles. The second-order valence-corrected chi connectivity index (χ2v) is 7.28. The van der Waals surface area contributed by atoms with E-state index in [1.54, 1.807) is 12.3 Å². The Labute approximate surface area is 122 Å². The molecule has 0 aliphatic carbocycles. The summed E-state index contributed by atoms with van der Waals surface area (Å²) in [6, 6.07) is 1.57. The second-order valence-electron chi connectivity index (χ2n) is 3.80. The summed E-state index contributed by atoms with van der Waals surface area (Å²) in [5.74, 6) is 2.96. The topological polar surface area (TPSA) is 62.2 Å². The van der Waals surface area contributed by atoms with Crippen LogP contribution in [0.1, 0.15) is 10.4 Å². The van der Waals surface area contributed by atoms with Crippen LogP contribution in [0.4, 0.5) is 5.82 Å². The van der Waals surface area contributed by atoms with Gasteiger partial charge >= 0.3 is 5.97 Å². The van der Waals surface area contributed by atoms with Crippen LogP contribution in [0.3, 0.4) is 0 Å². The zero-order valence-corrected chi connectivity index (χ0v) is 12.8. The number of carbonyl (C=O) groups is 1. The van der Waals surface area contributed by atoms with Crippen LogP contribution in [0.15, 0.2) is 16.7 Å². The molecule has 18 heavy (non-hydrogen) atoms. The molecule has 1 aliphatic rings. The van der Waals surface area contributed by atoms with Crippen molar-refractivity contribution in [1.29, 1.82) is 0 Å². The predicted octanol–water partition coefficient (Wildman–Crippen LogP) is 2.80. The van der Waals surface area contributed by atoms with Crippen molar-refractivity contribution in [2.75, 3.05) is 29.1 Å². The quantitative estimate of drug-likeness (QED) is 0.872. The Morgan fingerprint density at radius 1 is 1.61 bits per heavy atom. The minimum absolute atomic E-state index is 0.206. The van der Waals surface area contributed by atoms with Gasteiger partial charge in [-0.2, -0.15) is 23.5 Å². The number of anilines is 1. The van der Waals surface area contributed by atoms with Gasteiger partial charge in [-0.1, -0.05) is 0 Å². The van der Waals surface area contributed by atoms with E-state index in [2.05, 4.69) is 26.2 Å². The number of hydrogen-bond donors (Lipinski definition) is 2. The lowest BCUT2D eigenvalue weighted by molar-refractivity contribution is 0.0697. The summed E-state index contributed by atoms with van der Waals surface area (Å²) in [5, 5.41) is 12.8. The summed E-state index contributed by atoms with van der Waals surface area (Å²) in [6.45, 7) is 0.757. The van der Waals surface area contributed by atoms with Gasteiger partial charge in [0.05, 0.1) is 0 Å². The minimum Gasteiger partial charge on any atom is -0.478 e. The average Bonchev–Trinajstić information content (AvgIpc) is 2.38. The lowest BCUT2D eigenvalue weighted by Crippen LogP contribution is -2.24. The maximum Gasteiger partial charge on any atom is 0.339 e. The van der Waals surface area contributed by atoms with Crippen molar-refractivity contribution in [3.05, 3.63) is 22.3 Å². The SMILES string of the molecule is O=C(O)c1cc(Br)cnc1NCC1CSCCS1. The smallest absolute Gasteiger partial charge is 0.339 e. The lowest BCUT2D eigenvalue weighted by Gasteiger charge is -2.21. The van der Waals surface area contributed by atoms with E-state index in [1.807, 2.05) is 23.5 Å². The minimum atomic E-state index is -0.961. The molecule has 1 atom stereocenters. The molecule has 4 nitrogen and oxygen atoms in total. The third-order valence-corrected chi connectivity index (χ3v) is 5.75. The molecule has 1 fully saturated rings. The van der Waals surface area contributed by atoms with Gasteiger partial charge < -0.3 is 10.4 Å². The molecule has 0 aromatic carbocycles. The first kappa shape index (κ1) is 14.0. The van der Waals surface area contributed by atoms with E-state index >= 15 is 0 Å². The molecule has 2 rings (SSSR count). The van der Waals surface area contributed by atoms with Crippen LogP contribution in [0.5, 0.6) is 0 Å². The molecule has 0 bridgehead atoms. The monoisotopic (exact) mass is 348 g/mol. The highest BCUT2D eigenvalue weighted by atomic mass is 79.9. The van der Waals surface area contributed by atoms with Crippen LogP contribution in [-0.2, 0) is 0 Å². The summed E-state index contributed by atoms with van der Waals surface area (Å²) in [5.41, 5.74) is 0.206. The standard InChI is InChI=1S/C11H13BrN2O2S2/c12-7-3-9(11(15)16)10(13-4-7)14-5-8-6-17-1-2-18-8/h3-4,8H,1-2,5-6H2,(H,13,14)(H,15,16). The van der Waals surface area contributed by atoms with E-state index in [-0.39, 0.29) is 5.56 Å². The first-order valence-electron chi connectivity index (χ1n) is 5.49. The number of aromatic carboxylic acids is 1. The fourth-order valence-electron chi connectivity index (χ4n) is 1.61. The van der Waals surface area contributed by atoms with E-state index in [4.69, 9.17) is 5.11 Å². The van der Waals surface area contributed by atoms with Crippen LogP contribution in [0, 0.1) is 0 Å². The van der Waals surface area contributed by atoms with Gasteiger partial charge in [-0.3, -0.25) is 0 Å². The number of aromatic nitrogens is 1. The number of nitrogens with zero attached hydrogens (tertiary/aromatic N) is 1. The third kappa shape index (κ3) is 3.80. The number of nitrogens with one attached hydrogen (secondary N) is 1. The Morgan fingerprint density at radius 2 is 2.44 bits per heavy atom. The Kier molecular flexibility index (Phi) is 5.20. The molecule has 0 spiro atoms. The van der Waals surface area contributed by atoms with Crippen molar-refractivity contribution in [1.82, 2.24) is 4.98 Å². The Balaban J connectivity index is 2.01. The van der Waals surface area contributed by atoms with Crippen molar-refractivity contribution >= 4 is 51.2 Å². The predicted molar refractivity (Wildman–Crippen MR) is 81.0 cm³/mol. The first-order valence-corrected chi connectivity index (χ1v) is 8.48. The molecular weight excluding hydrogens is 336 g/mol. The molecule has 1 unspecified atom stereocenters. The molecule has 7 heteroatoms. The number of rotatable bonds is 4. The Hall–Kier alpha value is -0.400. The van der Waals surface area contributed by atoms with E-state index in [9.17, 15) is 4.79 Å². The number of pyridine rings is 1. The second kappa shape index (κ2) is 6.68. The first-order chi connectivity index (χ1) is 8.66. The molecule has 1 aliphatic heterocycles. The fraction of sp³-hybridized carbons (Fsp3) is 0.455. The largest absolute Gasteiger partial charge is 0.478 e. The molecular formula is C11H13BrN2O2S2.